The lowest BCUT2D eigenvalue weighted by Gasteiger charge is -2.35. The van der Waals surface area contributed by atoms with Crippen LogP contribution in [0.25, 0.3) is 0 Å². The van der Waals surface area contributed by atoms with Crippen molar-refractivity contribution in [2.24, 2.45) is 5.92 Å². The van der Waals surface area contributed by atoms with Crippen molar-refractivity contribution in [3.8, 4) is 0 Å². The first-order valence-corrected chi connectivity index (χ1v) is 10.4. The van der Waals surface area contributed by atoms with Crippen LogP contribution in [-0.2, 0) is 16.0 Å². The van der Waals surface area contributed by atoms with Crippen molar-refractivity contribution >= 4 is 29.1 Å². The molecule has 2 saturated heterocycles. The lowest BCUT2D eigenvalue weighted by Crippen LogP contribution is -2.51. The van der Waals surface area contributed by atoms with Crippen molar-refractivity contribution in [1.82, 2.24) is 14.8 Å². The molecule has 29 heavy (non-hydrogen) atoms. The minimum Gasteiger partial charge on any atom is -0.340 e. The summed E-state index contributed by atoms with van der Waals surface area (Å²) in [5.74, 6) is -0.160. The molecule has 2 amide bonds. The fraction of sp³-hybridized carbons (Fsp3) is 0.409. The van der Waals surface area contributed by atoms with E-state index < -0.39 is 0 Å². The quantitative estimate of drug-likeness (QED) is 0.757. The molecule has 0 N–H and O–H groups in total. The number of piperazine rings is 1. The van der Waals surface area contributed by atoms with E-state index in [0.29, 0.717) is 11.6 Å². The van der Waals surface area contributed by atoms with Gasteiger partial charge in [-0.05, 0) is 48.4 Å². The number of carbonyl (C=O) groups is 2. The molecule has 6 nitrogen and oxygen atoms in total. The number of anilines is 1. The molecular weight excluding hydrogens is 388 g/mol. The molecule has 0 unspecified atom stereocenters. The van der Waals surface area contributed by atoms with E-state index in [4.69, 9.17) is 11.6 Å². The highest BCUT2D eigenvalue weighted by atomic mass is 35.5. The largest absolute Gasteiger partial charge is 0.340 e. The molecule has 1 aromatic heterocycles. The first-order chi connectivity index (χ1) is 14.1. The van der Waals surface area contributed by atoms with Gasteiger partial charge in [0.25, 0.3) is 0 Å². The first kappa shape index (κ1) is 19.9. The number of aromatic nitrogens is 1. The Morgan fingerprint density at radius 1 is 1.03 bits per heavy atom. The zero-order valence-electron chi connectivity index (χ0n) is 16.3. The summed E-state index contributed by atoms with van der Waals surface area (Å²) in [7, 11) is 0. The van der Waals surface area contributed by atoms with Crippen LogP contribution >= 0.6 is 11.6 Å². The number of nitrogens with zero attached hydrogens (tertiary/aromatic N) is 4. The summed E-state index contributed by atoms with van der Waals surface area (Å²) in [6.07, 6.45) is 4.91. The molecule has 7 heteroatoms. The van der Waals surface area contributed by atoms with Gasteiger partial charge in [0.1, 0.15) is 0 Å². The Kier molecular flexibility index (Phi) is 6.11. The van der Waals surface area contributed by atoms with Crippen molar-refractivity contribution in [3.05, 3.63) is 59.4 Å². The number of pyridine rings is 1. The molecule has 0 aliphatic carbocycles. The predicted octanol–water partition coefficient (Wildman–Crippen LogP) is 2.47. The summed E-state index contributed by atoms with van der Waals surface area (Å²) in [6.45, 7) is 4.62. The second-order valence-corrected chi connectivity index (χ2v) is 8.09. The zero-order valence-corrected chi connectivity index (χ0v) is 17.1. The highest BCUT2D eigenvalue weighted by molar-refractivity contribution is 6.30. The van der Waals surface area contributed by atoms with E-state index in [2.05, 4.69) is 9.88 Å². The Morgan fingerprint density at radius 2 is 1.72 bits per heavy atom. The van der Waals surface area contributed by atoms with Gasteiger partial charge in [-0.1, -0.05) is 11.6 Å². The Balaban J connectivity index is 1.27. The van der Waals surface area contributed by atoms with Crippen LogP contribution < -0.4 is 4.90 Å². The molecular formula is C22H25ClN4O2. The van der Waals surface area contributed by atoms with Crippen LogP contribution in [0, 0.1) is 5.92 Å². The number of amides is 2. The number of benzene rings is 1. The van der Waals surface area contributed by atoms with Crippen LogP contribution in [0.4, 0.5) is 5.69 Å². The fourth-order valence-electron chi connectivity index (χ4n) is 4.03. The second-order valence-electron chi connectivity index (χ2n) is 7.65. The first-order valence-electron chi connectivity index (χ1n) is 10.1. The van der Waals surface area contributed by atoms with Gasteiger partial charge in [0, 0.05) is 68.8 Å². The average Bonchev–Trinajstić information content (AvgIpc) is 3.15. The molecule has 3 heterocycles. The van der Waals surface area contributed by atoms with Gasteiger partial charge in [0.05, 0.1) is 5.92 Å². The van der Waals surface area contributed by atoms with Crippen LogP contribution in [0.1, 0.15) is 12.0 Å². The van der Waals surface area contributed by atoms with Gasteiger partial charge < -0.3 is 9.80 Å². The van der Waals surface area contributed by atoms with Crippen molar-refractivity contribution in [3.63, 3.8) is 0 Å². The standard InChI is InChI=1S/C22H25ClN4O2/c23-19-1-3-20(4-2-19)27-16-18(15-21(27)28)22(29)26-13-11-25(12-14-26)10-7-17-5-8-24-9-6-17/h1-6,8-9,18H,7,10-16H2/t18-/m1/s1. The van der Waals surface area contributed by atoms with Gasteiger partial charge in [-0.2, -0.15) is 0 Å². The van der Waals surface area contributed by atoms with E-state index >= 15 is 0 Å². The molecule has 2 fully saturated rings. The fourth-order valence-corrected chi connectivity index (χ4v) is 4.16. The molecule has 0 bridgehead atoms. The third-order valence-electron chi connectivity index (χ3n) is 5.76. The van der Waals surface area contributed by atoms with Crippen molar-refractivity contribution in [2.75, 3.05) is 44.2 Å². The van der Waals surface area contributed by atoms with Crippen molar-refractivity contribution < 1.29 is 9.59 Å². The van der Waals surface area contributed by atoms with Gasteiger partial charge in [0.15, 0.2) is 0 Å². The Hall–Kier alpha value is -2.44. The van der Waals surface area contributed by atoms with Gasteiger partial charge in [-0.3, -0.25) is 19.5 Å². The van der Waals surface area contributed by atoms with E-state index in [9.17, 15) is 9.59 Å². The monoisotopic (exact) mass is 412 g/mol. The minimum atomic E-state index is -0.262. The SMILES string of the molecule is O=C([C@@H]1CC(=O)N(c2ccc(Cl)cc2)C1)N1CCN(CCc2ccncc2)CC1. The summed E-state index contributed by atoms with van der Waals surface area (Å²) in [5.41, 5.74) is 2.08. The van der Waals surface area contributed by atoms with Gasteiger partial charge in [0.2, 0.25) is 11.8 Å². The number of halogens is 1. The number of rotatable bonds is 5. The summed E-state index contributed by atoms with van der Waals surface area (Å²) in [4.78, 5) is 35.5. The van der Waals surface area contributed by atoms with Gasteiger partial charge in [-0.15, -0.1) is 0 Å². The van der Waals surface area contributed by atoms with E-state index in [0.717, 1.165) is 44.8 Å². The average molecular weight is 413 g/mol. The molecule has 4 rings (SSSR count). The summed E-state index contributed by atoms with van der Waals surface area (Å²) in [6, 6.07) is 11.3. The molecule has 1 aromatic carbocycles. The maximum atomic E-state index is 13.0. The second kappa shape index (κ2) is 8.93. The highest BCUT2D eigenvalue weighted by Crippen LogP contribution is 2.27. The molecule has 1 atom stereocenters. The van der Waals surface area contributed by atoms with Crippen molar-refractivity contribution in [1.29, 1.82) is 0 Å². The molecule has 0 spiro atoms. The van der Waals surface area contributed by atoms with Crippen LogP contribution in [0.15, 0.2) is 48.8 Å². The molecule has 0 saturated carbocycles. The zero-order chi connectivity index (χ0) is 20.2. The topological polar surface area (TPSA) is 56.8 Å². The summed E-state index contributed by atoms with van der Waals surface area (Å²) >= 11 is 5.93. The van der Waals surface area contributed by atoms with Gasteiger partial charge in [-0.25, -0.2) is 0 Å². The van der Waals surface area contributed by atoms with Crippen LogP contribution in [0.2, 0.25) is 5.02 Å². The van der Waals surface area contributed by atoms with E-state index in [-0.39, 0.29) is 24.2 Å². The van der Waals surface area contributed by atoms with Crippen molar-refractivity contribution in [2.45, 2.75) is 12.8 Å². The molecule has 152 valence electrons. The minimum absolute atomic E-state index is 0.00154. The Morgan fingerprint density at radius 3 is 2.41 bits per heavy atom. The third kappa shape index (κ3) is 4.77. The predicted molar refractivity (Wildman–Crippen MR) is 113 cm³/mol. The normalized spacial score (nSPS) is 20.3. The Bertz CT molecular complexity index is 851. The molecule has 2 aliphatic heterocycles. The lowest BCUT2D eigenvalue weighted by atomic mass is 10.1. The number of hydrogen-bond acceptors (Lipinski definition) is 4. The smallest absolute Gasteiger partial charge is 0.228 e. The van der Waals surface area contributed by atoms with Gasteiger partial charge >= 0.3 is 0 Å². The number of carbonyl (C=O) groups excluding carboxylic acids is 2. The molecule has 2 aromatic rings. The van der Waals surface area contributed by atoms with E-state index in [1.165, 1.54) is 5.56 Å². The van der Waals surface area contributed by atoms with Crippen LogP contribution in [-0.4, -0.2) is 65.9 Å². The van der Waals surface area contributed by atoms with E-state index in [1.54, 1.807) is 17.0 Å². The molecule has 2 aliphatic rings. The Labute approximate surface area is 176 Å². The molecule has 0 radical (unpaired) electrons. The van der Waals surface area contributed by atoms with E-state index in [1.807, 2.05) is 41.6 Å². The highest BCUT2D eigenvalue weighted by Gasteiger charge is 2.37. The summed E-state index contributed by atoms with van der Waals surface area (Å²) < 4.78 is 0. The maximum absolute atomic E-state index is 13.0. The van der Waals surface area contributed by atoms with Crippen LogP contribution in [0.3, 0.4) is 0 Å². The maximum Gasteiger partial charge on any atom is 0.228 e. The summed E-state index contributed by atoms with van der Waals surface area (Å²) in [5, 5.41) is 0.634. The van der Waals surface area contributed by atoms with Crippen LogP contribution in [0.5, 0.6) is 0 Å². The number of hydrogen-bond donors (Lipinski definition) is 0. The lowest BCUT2D eigenvalue weighted by molar-refractivity contribution is -0.137. The third-order valence-corrected chi connectivity index (χ3v) is 6.01.